The normalized spacial score (nSPS) is 10.7. The van der Waals surface area contributed by atoms with Gasteiger partial charge in [0.15, 0.2) is 0 Å². The van der Waals surface area contributed by atoms with E-state index in [1.807, 2.05) is 18.2 Å². The maximum atomic E-state index is 8.73. The Morgan fingerprint density at radius 1 is 0.731 bits per heavy atom. The molecule has 0 aliphatic carbocycles. The molecule has 0 fully saturated rings. The first-order valence-corrected chi connectivity index (χ1v) is 10.4. The predicted octanol–water partition coefficient (Wildman–Crippen LogP) is 5.79. The van der Waals surface area contributed by atoms with Crippen LogP contribution in [0.5, 0.6) is 11.5 Å². The maximum absolute atomic E-state index is 8.73. The molecule has 0 atom stereocenters. The third-order valence-corrected chi connectivity index (χ3v) is 4.81. The first-order valence-electron chi connectivity index (χ1n) is 10.4. The van der Waals surface area contributed by atoms with E-state index in [0.29, 0.717) is 6.61 Å². The van der Waals surface area contributed by atoms with Gasteiger partial charge in [0.2, 0.25) is 0 Å². The fourth-order valence-electron chi connectivity index (χ4n) is 3.18. The van der Waals surface area contributed by atoms with Gasteiger partial charge < -0.3 is 19.9 Å². The van der Waals surface area contributed by atoms with Crippen LogP contribution in [0.15, 0.2) is 18.2 Å². The average molecular weight is 366 g/mol. The number of aliphatic hydroxyl groups is 1. The van der Waals surface area contributed by atoms with Gasteiger partial charge in [0.1, 0.15) is 11.5 Å². The number of benzene rings is 1. The SMILES string of the molecule is COc1ccc(OC)c(NCCCCCCCCCCCCCCO)c1. The number of ether oxygens (including phenoxy) is 2. The molecule has 0 aromatic heterocycles. The van der Waals surface area contributed by atoms with E-state index in [0.717, 1.165) is 30.2 Å². The number of unbranched alkanes of at least 4 members (excludes halogenated alkanes) is 11. The van der Waals surface area contributed by atoms with Crippen LogP contribution in [0.1, 0.15) is 77.0 Å². The van der Waals surface area contributed by atoms with Crippen LogP contribution < -0.4 is 14.8 Å². The van der Waals surface area contributed by atoms with Crippen LogP contribution in [0, 0.1) is 0 Å². The van der Waals surface area contributed by atoms with Gasteiger partial charge >= 0.3 is 0 Å². The summed E-state index contributed by atoms with van der Waals surface area (Å²) in [5.74, 6) is 1.71. The summed E-state index contributed by atoms with van der Waals surface area (Å²) in [5, 5.41) is 12.2. The molecule has 0 aliphatic heterocycles. The van der Waals surface area contributed by atoms with Gasteiger partial charge in [-0.05, 0) is 25.0 Å². The summed E-state index contributed by atoms with van der Waals surface area (Å²) in [6.45, 7) is 1.32. The molecule has 1 rings (SSSR count). The summed E-state index contributed by atoms with van der Waals surface area (Å²) in [7, 11) is 3.38. The molecule has 0 saturated carbocycles. The number of hydrogen-bond donors (Lipinski definition) is 2. The van der Waals surface area contributed by atoms with Crippen molar-refractivity contribution in [2.24, 2.45) is 0 Å². The fourth-order valence-corrected chi connectivity index (χ4v) is 3.18. The lowest BCUT2D eigenvalue weighted by atomic mass is 10.1. The van der Waals surface area contributed by atoms with E-state index in [1.54, 1.807) is 14.2 Å². The van der Waals surface area contributed by atoms with Gasteiger partial charge in [0.05, 0.1) is 19.9 Å². The summed E-state index contributed by atoms with van der Waals surface area (Å²) >= 11 is 0. The minimum atomic E-state index is 0.350. The molecule has 0 heterocycles. The van der Waals surface area contributed by atoms with Crippen molar-refractivity contribution in [2.75, 3.05) is 32.7 Å². The smallest absolute Gasteiger partial charge is 0.142 e. The molecule has 0 saturated heterocycles. The van der Waals surface area contributed by atoms with Crippen molar-refractivity contribution in [1.29, 1.82) is 0 Å². The molecule has 0 radical (unpaired) electrons. The Hall–Kier alpha value is -1.42. The van der Waals surface area contributed by atoms with Crippen LogP contribution in [0.3, 0.4) is 0 Å². The molecule has 0 spiro atoms. The van der Waals surface area contributed by atoms with Crippen LogP contribution in [-0.2, 0) is 0 Å². The Morgan fingerprint density at radius 2 is 1.27 bits per heavy atom. The van der Waals surface area contributed by atoms with Crippen LogP contribution in [-0.4, -0.2) is 32.5 Å². The van der Waals surface area contributed by atoms with Crippen molar-refractivity contribution in [1.82, 2.24) is 0 Å². The van der Waals surface area contributed by atoms with Crippen molar-refractivity contribution in [2.45, 2.75) is 77.0 Å². The van der Waals surface area contributed by atoms with E-state index in [9.17, 15) is 0 Å². The molecular formula is C22H39NO3. The van der Waals surface area contributed by atoms with Gasteiger partial charge in [-0.2, -0.15) is 0 Å². The minimum Gasteiger partial charge on any atom is -0.497 e. The van der Waals surface area contributed by atoms with E-state index in [4.69, 9.17) is 14.6 Å². The Bertz CT molecular complexity index is 451. The van der Waals surface area contributed by atoms with Crippen molar-refractivity contribution in [3.63, 3.8) is 0 Å². The van der Waals surface area contributed by atoms with Gasteiger partial charge in [-0.3, -0.25) is 0 Å². The van der Waals surface area contributed by atoms with E-state index in [1.165, 1.54) is 70.6 Å². The zero-order chi connectivity index (χ0) is 18.9. The Balaban J connectivity index is 1.95. The van der Waals surface area contributed by atoms with Gasteiger partial charge in [0.25, 0.3) is 0 Å². The largest absolute Gasteiger partial charge is 0.497 e. The molecule has 0 bridgehead atoms. The van der Waals surface area contributed by atoms with Gasteiger partial charge in [-0.15, -0.1) is 0 Å². The molecule has 4 heteroatoms. The van der Waals surface area contributed by atoms with Crippen molar-refractivity contribution in [3.05, 3.63) is 18.2 Å². The highest BCUT2D eigenvalue weighted by atomic mass is 16.5. The van der Waals surface area contributed by atoms with Crippen LogP contribution in [0.25, 0.3) is 0 Å². The molecule has 150 valence electrons. The first-order chi connectivity index (χ1) is 12.8. The standard InChI is InChI=1S/C22H39NO3/c1-25-20-15-16-22(26-2)21(19-20)23-17-13-11-9-7-5-3-4-6-8-10-12-14-18-24/h15-16,19,23-24H,3-14,17-18H2,1-2H3. The Morgan fingerprint density at radius 3 is 1.77 bits per heavy atom. The summed E-state index contributed by atoms with van der Waals surface area (Å²) < 4.78 is 10.7. The summed E-state index contributed by atoms with van der Waals surface area (Å²) in [6.07, 6.45) is 15.4. The summed E-state index contributed by atoms with van der Waals surface area (Å²) in [5.41, 5.74) is 1.01. The van der Waals surface area contributed by atoms with Crippen LogP contribution in [0.4, 0.5) is 5.69 Å². The average Bonchev–Trinajstić information content (AvgIpc) is 2.68. The van der Waals surface area contributed by atoms with E-state index in [2.05, 4.69) is 5.32 Å². The molecule has 4 nitrogen and oxygen atoms in total. The zero-order valence-electron chi connectivity index (χ0n) is 16.9. The van der Waals surface area contributed by atoms with E-state index >= 15 is 0 Å². The monoisotopic (exact) mass is 365 g/mol. The molecule has 0 aliphatic rings. The highest BCUT2D eigenvalue weighted by Gasteiger charge is 2.04. The number of anilines is 1. The minimum absolute atomic E-state index is 0.350. The third-order valence-electron chi connectivity index (χ3n) is 4.81. The number of aliphatic hydroxyl groups excluding tert-OH is 1. The zero-order valence-corrected chi connectivity index (χ0v) is 16.9. The predicted molar refractivity (Wildman–Crippen MR) is 111 cm³/mol. The number of hydrogen-bond acceptors (Lipinski definition) is 4. The molecule has 1 aromatic rings. The van der Waals surface area contributed by atoms with E-state index < -0.39 is 0 Å². The summed E-state index contributed by atoms with van der Waals surface area (Å²) in [6, 6.07) is 5.84. The molecule has 0 amide bonds. The first kappa shape index (κ1) is 22.6. The quantitative estimate of drug-likeness (QED) is 0.343. The Kier molecular flexibility index (Phi) is 13.8. The van der Waals surface area contributed by atoms with Crippen molar-refractivity contribution >= 4 is 5.69 Å². The van der Waals surface area contributed by atoms with Crippen LogP contribution >= 0.6 is 0 Å². The van der Waals surface area contributed by atoms with Crippen LogP contribution in [0.2, 0.25) is 0 Å². The number of methoxy groups -OCH3 is 2. The highest BCUT2D eigenvalue weighted by Crippen LogP contribution is 2.28. The maximum Gasteiger partial charge on any atom is 0.142 e. The number of nitrogens with one attached hydrogen (secondary N) is 1. The molecule has 2 N–H and O–H groups in total. The number of rotatable bonds is 17. The third kappa shape index (κ3) is 10.5. The highest BCUT2D eigenvalue weighted by molar-refractivity contribution is 5.59. The molecule has 1 aromatic carbocycles. The molecule has 26 heavy (non-hydrogen) atoms. The lowest BCUT2D eigenvalue weighted by molar-refractivity contribution is 0.282. The second kappa shape index (κ2) is 15.8. The topological polar surface area (TPSA) is 50.7 Å². The molecular weight excluding hydrogens is 326 g/mol. The molecule has 0 unspecified atom stereocenters. The van der Waals surface area contributed by atoms with Crippen molar-refractivity contribution in [3.8, 4) is 11.5 Å². The van der Waals surface area contributed by atoms with Gasteiger partial charge in [-0.25, -0.2) is 0 Å². The van der Waals surface area contributed by atoms with Crippen molar-refractivity contribution < 1.29 is 14.6 Å². The van der Waals surface area contributed by atoms with Gasteiger partial charge in [-0.1, -0.05) is 64.2 Å². The van der Waals surface area contributed by atoms with E-state index in [-0.39, 0.29) is 0 Å². The second-order valence-corrected chi connectivity index (χ2v) is 6.96. The fraction of sp³-hybridized carbons (Fsp3) is 0.727. The lowest BCUT2D eigenvalue weighted by Gasteiger charge is -2.12. The van der Waals surface area contributed by atoms with Gasteiger partial charge in [0, 0.05) is 19.2 Å². The lowest BCUT2D eigenvalue weighted by Crippen LogP contribution is -2.03. The summed E-state index contributed by atoms with van der Waals surface area (Å²) in [4.78, 5) is 0. The Labute approximate surface area is 160 Å². The second-order valence-electron chi connectivity index (χ2n) is 6.96.